The average Bonchev–Trinajstić information content (AvgIpc) is 2.37. The van der Waals surface area contributed by atoms with E-state index in [0.717, 1.165) is 5.56 Å². The van der Waals surface area contributed by atoms with E-state index in [1.54, 1.807) is 24.3 Å². The van der Waals surface area contributed by atoms with Gasteiger partial charge in [0.05, 0.1) is 11.1 Å². The molecule has 0 saturated heterocycles. The van der Waals surface area contributed by atoms with Gasteiger partial charge in [0.15, 0.2) is 0 Å². The van der Waals surface area contributed by atoms with Gasteiger partial charge >= 0.3 is 0 Å². The average molecular weight is 285 g/mol. The van der Waals surface area contributed by atoms with E-state index < -0.39 is 5.82 Å². The fourth-order valence-corrected chi connectivity index (χ4v) is 2.13. The van der Waals surface area contributed by atoms with Gasteiger partial charge in [0, 0.05) is 5.02 Å². The number of halogens is 3. The van der Waals surface area contributed by atoms with Crippen molar-refractivity contribution in [2.45, 2.75) is 6.04 Å². The minimum atomic E-state index is -0.469. The van der Waals surface area contributed by atoms with Crippen LogP contribution in [-0.4, -0.2) is 0 Å². The van der Waals surface area contributed by atoms with Crippen LogP contribution in [0.2, 0.25) is 10.0 Å². The third kappa shape index (κ3) is 2.65. The normalized spacial score (nSPS) is 12.4. The predicted octanol–water partition coefficient (Wildman–Crippen LogP) is 3.69. The minimum Gasteiger partial charge on any atom is -0.271 e. The molecule has 0 radical (unpaired) electrons. The van der Waals surface area contributed by atoms with E-state index in [9.17, 15) is 4.39 Å². The molecule has 94 valence electrons. The molecule has 5 heteroatoms. The lowest BCUT2D eigenvalue weighted by molar-refractivity contribution is 0.606. The zero-order valence-corrected chi connectivity index (χ0v) is 10.8. The Morgan fingerprint density at radius 2 is 1.72 bits per heavy atom. The molecule has 1 atom stereocenters. The Hall–Kier alpha value is -1.13. The number of hydrazine groups is 1. The van der Waals surface area contributed by atoms with Gasteiger partial charge in [0.2, 0.25) is 0 Å². The molecule has 0 aliphatic heterocycles. The van der Waals surface area contributed by atoms with Gasteiger partial charge in [0.25, 0.3) is 0 Å². The lowest BCUT2D eigenvalue weighted by Crippen LogP contribution is -2.29. The lowest BCUT2D eigenvalue weighted by atomic mass is 9.99. The molecule has 0 aliphatic rings. The highest BCUT2D eigenvalue weighted by Gasteiger charge is 2.17. The van der Waals surface area contributed by atoms with Crippen molar-refractivity contribution in [2.75, 3.05) is 0 Å². The Labute approximate surface area is 114 Å². The molecule has 0 aliphatic carbocycles. The molecule has 3 N–H and O–H groups in total. The number of hydrogen-bond donors (Lipinski definition) is 2. The van der Waals surface area contributed by atoms with Crippen LogP contribution in [0.5, 0.6) is 0 Å². The van der Waals surface area contributed by atoms with Crippen molar-refractivity contribution in [2.24, 2.45) is 5.84 Å². The number of nitrogens with one attached hydrogen (secondary N) is 1. The van der Waals surface area contributed by atoms with Gasteiger partial charge in [-0.15, -0.1) is 0 Å². The summed E-state index contributed by atoms with van der Waals surface area (Å²) in [6.07, 6.45) is 0. The predicted molar refractivity (Wildman–Crippen MR) is 72.0 cm³/mol. The van der Waals surface area contributed by atoms with Crippen molar-refractivity contribution in [1.29, 1.82) is 0 Å². The Morgan fingerprint density at radius 3 is 2.33 bits per heavy atom. The summed E-state index contributed by atoms with van der Waals surface area (Å²) in [5.41, 5.74) is 4.07. The summed E-state index contributed by atoms with van der Waals surface area (Å²) in [6.45, 7) is 0. The van der Waals surface area contributed by atoms with Crippen molar-refractivity contribution >= 4 is 23.2 Å². The maximum Gasteiger partial charge on any atom is 0.142 e. The van der Waals surface area contributed by atoms with E-state index in [-0.39, 0.29) is 11.1 Å². The molecule has 0 saturated carbocycles. The minimum absolute atomic E-state index is 0.0652. The summed E-state index contributed by atoms with van der Waals surface area (Å²) in [5, 5.41) is 0.690. The van der Waals surface area contributed by atoms with E-state index >= 15 is 0 Å². The number of rotatable bonds is 3. The zero-order valence-electron chi connectivity index (χ0n) is 9.33. The molecule has 2 aromatic rings. The van der Waals surface area contributed by atoms with E-state index in [0.29, 0.717) is 10.6 Å². The Kier molecular flexibility index (Phi) is 4.19. The fraction of sp³-hybridized carbons (Fsp3) is 0.0769. The first-order valence-corrected chi connectivity index (χ1v) is 6.04. The highest BCUT2D eigenvalue weighted by atomic mass is 35.5. The van der Waals surface area contributed by atoms with Gasteiger partial charge < -0.3 is 0 Å². The second-order valence-electron chi connectivity index (χ2n) is 3.79. The SMILES string of the molecule is NNC(c1ccc(Cl)cc1)c1cccc(F)c1Cl. The van der Waals surface area contributed by atoms with Crippen molar-refractivity contribution in [3.63, 3.8) is 0 Å². The second kappa shape index (κ2) is 5.67. The zero-order chi connectivity index (χ0) is 13.1. The first-order chi connectivity index (χ1) is 8.63. The van der Waals surface area contributed by atoms with E-state index in [1.807, 2.05) is 12.1 Å². The third-order valence-electron chi connectivity index (χ3n) is 2.66. The molecule has 2 rings (SSSR count). The van der Waals surface area contributed by atoms with Crippen LogP contribution in [0.4, 0.5) is 4.39 Å². The molecule has 0 spiro atoms. The standard InChI is InChI=1S/C13H11Cl2FN2/c14-9-6-4-8(5-7-9)13(18-17)10-2-1-3-11(16)12(10)15/h1-7,13,18H,17H2. The molecule has 0 fully saturated rings. The summed E-state index contributed by atoms with van der Waals surface area (Å²) >= 11 is 11.8. The van der Waals surface area contributed by atoms with Crippen molar-refractivity contribution in [3.05, 3.63) is 69.5 Å². The molecular weight excluding hydrogens is 274 g/mol. The number of benzene rings is 2. The summed E-state index contributed by atoms with van der Waals surface area (Å²) < 4.78 is 13.4. The lowest BCUT2D eigenvalue weighted by Gasteiger charge is -2.18. The molecule has 18 heavy (non-hydrogen) atoms. The summed E-state index contributed by atoms with van der Waals surface area (Å²) in [4.78, 5) is 0. The Bertz CT molecular complexity index is 543. The molecular formula is C13H11Cl2FN2. The van der Waals surface area contributed by atoms with Crippen LogP contribution in [0.3, 0.4) is 0 Å². The van der Waals surface area contributed by atoms with Crippen LogP contribution in [0.25, 0.3) is 0 Å². The van der Waals surface area contributed by atoms with Gasteiger partial charge in [-0.1, -0.05) is 47.5 Å². The molecule has 1 unspecified atom stereocenters. The Balaban J connectivity index is 2.45. The maximum absolute atomic E-state index is 13.4. The third-order valence-corrected chi connectivity index (χ3v) is 3.31. The first-order valence-electron chi connectivity index (χ1n) is 5.29. The van der Waals surface area contributed by atoms with E-state index in [4.69, 9.17) is 29.0 Å². The van der Waals surface area contributed by atoms with E-state index in [1.165, 1.54) is 6.07 Å². The van der Waals surface area contributed by atoms with Gasteiger partial charge in [-0.05, 0) is 29.3 Å². The summed E-state index contributed by atoms with van der Waals surface area (Å²) in [7, 11) is 0. The van der Waals surface area contributed by atoms with Gasteiger partial charge in [0.1, 0.15) is 5.82 Å². The molecule has 2 aromatic carbocycles. The van der Waals surface area contributed by atoms with Crippen LogP contribution >= 0.6 is 23.2 Å². The van der Waals surface area contributed by atoms with Crippen molar-refractivity contribution in [3.8, 4) is 0 Å². The smallest absolute Gasteiger partial charge is 0.142 e. The molecule has 0 heterocycles. The topological polar surface area (TPSA) is 38.0 Å². The van der Waals surface area contributed by atoms with Crippen molar-refractivity contribution in [1.82, 2.24) is 5.43 Å². The number of hydrogen-bond acceptors (Lipinski definition) is 2. The molecule has 2 nitrogen and oxygen atoms in total. The first kappa shape index (κ1) is 13.3. The summed E-state index contributed by atoms with van der Waals surface area (Å²) in [6, 6.07) is 11.4. The largest absolute Gasteiger partial charge is 0.271 e. The Morgan fingerprint density at radius 1 is 1.06 bits per heavy atom. The van der Waals surface area contributed by atoms with Crippen LogP contribution in [0.1, 0.15) is 17.2 Å². The second-order valence-corrected chi connectivity index (χ2v) is 4.61. The highest BCUT2D eigenvalue weighted by Crippen LogP contribution is 2.30. The van der Waals surface area contributed by atoms with Gasteiger partial charge in [-0.3, -0.25) is 5.84 Å². The molecule has 0 bridgehead atoms. The van der Waals surface area contributed by atoms with Crippen LogP contribution in [0.15, 0.2) is 42.5 Å². The maximum atomic E-state index is 13.4. The quantitative estimate of drug-likeness (QED) is 0.666. The van der Waals surface area contributed by atoms with Gasteiger partial charge in [-0.25, -0.2) is 9.82 Å². The van der Waals surface area contributed by atoms with Crippen LogP contribution < -0.4 is 11.3 Å². The monoisotopic (exact) mass is 284 g/mol. The number of nitrogens with two attached hydrogens (primary N) is 1. The molecule has 0 aromatic heterocycles. The fourth-order valence-electron chi connectivity index (χ4n) is 1.76. The van der Waals surface area contributed by atoms with Crippen LogP contribution in [-0.2, 0) is 0 Å². The summed E-state index contributed by atoms with van der Waals surface area (Å²) in [5.74, 6) is 5.06. The molecule has 0 amide bonds. The van der Waals surface area contributed by atoms with Crippen LogP contribution in [0, 0.1) is 5.82 Å². The van der Waals surface area contributed by atoms with E-state index in [2.05, 4.69) is 5.43 Å². The van der Waals surface area contributed by atoms with Crippen molar-refractivity contribution < 1.29 is 4.39 Å². The highest BCUT2D eigenvalue weighted by molar-refractivity contribution is 6.31. The van der Waals surface area contributed by atoms with Gasteiger partial charge in [-0.2, -0.15) is 0 Å².